The van der Waals surface area contributed by atoms with Crippen molar-refractivity contribution < 1.29 is 32.3 Å². The summed E-state index contributed by atoms with van der Waals surface area (Å²) in [5, 5.41) is 11.6. The fraction of sp³-hybridized carbons (Fsp3) is 0.467. The minimum Gasteiger partial charge on any atom is -0.391 e. The lowest BCUT2D eigenvalue weighted by Crippen LogP contribution is -2.49. The second-order valence-electron chi connectivity index (χ2n) is 5.73. The summed E-state index contributed by atoms with van der Waals surface area (Å²) in [6.45, 7) is 1.97. The molecule has 0 spiro atoms. The number of benzene rings is 1. The van der Waals surface area contributed by atoms with Crippen LogP contribution in [0.25, 0.3) is 0 Å². The van der Waals surface area contributed by atoms with E-state index in [0.717, 1.165) is 4.90 Å². The average Bonchev–Trinajstić information content (AvgIpc) is 2.50. The van der Waals surface area contributed by atoms with Gasteiger partial charge in [0.25, 0.3) is 0 Å². The molecule has 1 aliphatic rings. The van der Waals surface area contributed by atoms with Crippen molar-refractivity contribution in [3.63, 3.8) is 0 Å². The number of carbonyl (C=O) groups is 2. The molecule has 0 saturated carbocycles. The standard InChI is InChI=1S/C15H16F4N2O3/c1-8-4-5-21(7-12(8)22)14(24)13(23)20-11-6-9(15(17,18)19)2-3-10(11)16/h2-3,6,8,12,22H,4-5,7H2,1H3,(H,20,23). The molecule has 24 heavy (non-hydrogen) atoms. The van der Waals surface area contributed by atoms with Gasteiger partial charge in [-0.15, -0.1) is 0 Å². The molecular weight excluding hydrogens is 332 g/mol. The van der Waals surface area contributed by atoms with Gasteiger partial charge in [0.2, 0.25) is 0 Å². The van der Waals surface area contributed by atoms with Crippen molar-refractivity contribution in [3.05, 3.63) is 29.6 Å². The van der Waals surface area contributed by atoms with Crippen LogP contribution in [0.1, 0.15) is 18.9 Å². The maximum Gasteiger partial charge on any atom is 0.416 e. The van der Waals surface area contributed by atoms with Crippen LogP contribution < -0.4 is 5.32 Å². The van der Waals surface area contributed by atoms with E-state index in [1.54, 1.807) is 6.92 Å². The molecule has 2 amide bonds. The lowest BCUT2D eigenvalue weighted by molar-refractivity contribution is -0.146. The summed E-state index contributed by atoms with van der Waals surface area (Å²) in [4.78, 5) is 25.0. The Bertz CT molecular complexity index is 648. The van der Waals surface area contributed by atoms with Crippen LogP contribution in [-0.4, -0.2) is 41.0 Å². The van der Waals surface area contributed by atoms with Crippen LogP contribution in [0.4, 0.5) is 23.2 Å². The first kappa shape index (κ1) is 18.2. The highest BCUT2D eigenvalue weighted by Crippen LogP contribution is 2.31. The summed E-state index contributed by atoms with van der Waals surface area (Å²) in [5.41, 5.74) is -1.87. The zero-order valence-electron chi connectivity index (χ0n) is 12.7. The van der Waals surface area contributed by atoms with Crippen LogP contribution >= 0.6 is 0 Å². The van der Waals surface area contributed by atoms with E-state index >= 15 is 0 Å². The van der Waals surface area contributed by atoms with Crippen molar-refractivity contribution in [3.8, 4) is 0 Å². The van der Waals surface area contributed by atoms with E-state index in [9.17, 15) is 32.3 Å². The molecule has 132 valence electrons. The number of aliphatic hydroxyl groups excluding tert-OH is 1. The van der Waals surface area contributed by atoms with Crippen LogP contribution in [-0.2, 0) is 15.8 Å². The summed E-state index contributed by atoms with van der Waals surface area (Å²) in [6.07, 6.45) is -5.01. The van der Waals surface area contributed by atoms with Crippen LogP contribution in [0.15, 0.2) is 18.2 Å². The van der Waals surface area contributed by atoms with E-state index in [4.69, 9.17) is 0 Å². The molecule has 9 heteroatoms. The van der Waals surface area contributed by atoms with Gasteiger partial charge < -0.3 is 15.3 Å². The SMILES string of the molecule is CC1CCN(C(=O)C(=O)Nc2cc(C(F)(F)F)ccc2F)CC1O. The number of β-amino-alcohol motifs (C(OH)–C–C–N with tert-alkyl or cyclic N) is 1. The average molecular weight is 348 g/mol. The number of piperidine rings is 1. The van der Waals surface area contributed by atoms with Crippen molar-refractivity contribution in [2.45, 2.75) is 25.6 Å². The van der Waals surface area contributed by atoms with Crippen LogP contribution in [0, 0.1) is 11.7 Å². The highest BCUT2D eigenvalue weighted by Gasteiger charge is 2.33. The molecule has 0 radical (unpaired) electrons. The zero-order valence-corrected chi connectivity index (χ0v) is 12.7. The third-order valence-corrected chi connectivity index (χ3v) is 3.94. The Balaban J connectivity index is 2.10. The van der Waals surface area contributed by atoms with Gasteiger partial charge >= 0.3 is 18.0 Å². The molecule has 1 aliphatic heterocycles. The third-order valence-electron chi connectivity index (χ3n) is 3.94. The van der Waals surface area contributed by atoms with Gasteiger partial charge in [0.15, 0.2) is 0 Å². The number of nitrogens with zero attached hydrogens (tertiary/aromatic N) is 1. The Labute approximate surface area is 135 Å². The number of anilines is 1. The third kappa shape index (κ3) is 4.02. The van der Waals surface area contributed by atoms with Gasteiger partial charge in [-0.2, -0.15) is 13.2 Å². The predicted octanol–water partition coefficient (Wildman–Crippen LogP) is 2.01. The minimum absolute atomic E-state index is 0.0296. The number of likely N-dealkylation sites (tertiary alicyclic amines) is 1. The lowest BCUT2D eigenvalue weighted by Gasteiger charge is -2.33. The maximum absolute atomic E-state index is 13.6. The second kappa shape index (κ2) is 6.76. The summed E-state index contributed by atoms with van der Waals surface area (Å²) in [5.74, 6) is -3.40. The van der Waals surface area contributed by atoms with Gasteiger partial charge in [-0.3, -0.25) is 9.59 Å². The molecular formula is C15H16F4N2O3. The predicted molar refractivity (Wildman–Crippen MR) is 76.4 cm³/mol. The number of aliphatic hydroxyl groups is 1. The highest BCUT2D eigenvalue weighted by atomic mass is 19.4. The molecule has 1 fully saturated rings. The number of alkyl halides is 3. The van der Waals surface area contributed by atoms with Gasteiger partial charge in [-0.25, -0.2) is 4.39 Å². The molecule has 2 N–H and O–H groups in total. The molecule has 0 aromatic heterocycles. The fourth-order valence-corrected chi connectivity index (χ4v) is 2.35. The van der Waals surface area contributed by atoms with E-state index in [0.29, 0.717) is 24.6 Å². The van der Waals surface area contributed by atoms with Gasteiger partial charge in [0.05, 0.1) is 17.4 Å². The number of halogens is 4. The Morgan fingerprint density at radius 3 is 2.58 bits per heavy atom. The first-order chi connectivity index (χ1) is 11.1. The zero-order chi connectivity index (χ0) is 18.1. The Kier molecular flexibility index (Phi) is 5.12. The molecule has 1 heterocycles. The van der Waals surface area contributed by atoms with E-state index in [1.807, 2.05) is 5.32 Å². The first-order valence-electron chi connectivity index (χ1n) is 7.24. The van der Waals surface area contributed by atoms with Gasteiger partial charge in [0, 0.05) is 13.1 Å². The Morgan fingerprint density at radius 1 is 1.33 bits per heavy atom. The van der Waals surface area contributed by atoms with E-state index < -0.39 is 41.2 Å². The molecule has 2 atom stereocenters. The van der Waals surface area contributed by atoms with Crippen LogP contribution in [0.2, 0.25) is 0 Å². The fourth-order valence-electron chi connectivity index (χ4n) is 2.35. The summed E-state index contributed by atoms with van der Waals surface area (Å²) in [7, 11) is 0. The minimum atomic E-state index is -4.70. The van der Waals surface area contributed by atoms with Gasteiger partial charge in [0.1, 0.15) is 5.82 Å². The van der Waals surface area contributed by atoms with Crippen molar-refractivity contribution in [1.29, 1.82) is 0 Å². The Hall–Kier alpha value is -2.16. The van der Waals surface area contributed by atoms with Gasteiger partial charge in [-0.1, -0.05) is 6.92 Å². The number of hydrogen-bond acceptors (Lipinski definition) is 3. The molecule has 5 nitrogen and oxygen atoms in total. The molecule has 0 bridgehead atoms. The highest BCUT2D eigenvalue weighted by molar-refractivity contribution is 6.39. The second-order valence-corrected chi connectivity index (χ2v) is 5.73. The molecule has 0 aliphatic carbocycles. The number of nitrogens with one attached hydrogen (secondary N) is 1. The molecule has 1 aromatic rings. The molecule has 2 rings (SSSR count). The number of hydrogen-bond donors (Lipinski definition) is 2. The Morgan fingerprint density at radius 2 is 2.00 bits per heavy atom. The van der Waals surface area contributed by atoms with Crippen molar-refractivity contribution in [2.24, 2.45) is 5.92 Å². The lowest BCUT2D eigenvalue weighted by atomic mass is 9.96. The quantitative estimate of drug-likeness (QED) is 0.603. The maximum atomic E-state index is 13.6. The smallest absolute Gasteiger partial charge is 0.391 e. The van der Waals surface area contributed by atoms with E-state index in [-0.39, 0.29) is 19.0 Å². The summed E-state index contributed by atoms with van der Waals surface area (Å²) in [6, 6.07) is 1.53. The van der Waals surface area contributed by atoms with E-state index in [2.05, 4.69) is 0 Å². The molecule has 1 saturated heterocycles. The molecule has 2 unspecified atom stereocenters. The number of amides is 2. The summed E-state index contributed by atoms with van der Waals surface area (Å²) < 4.78 is 51.5. The largest absolute Gasteiger partial charge is 0.416 e. The van der Waals surface area contributed by atoms with Crippen molar-refractivity contribution in [2.75, 3.05) is 18.4 Å². The normalized spacial score (nSPS) is 21.5. The van der Waals surface area contributed by atoms with Crippen LogP contribution in [0.3, 0.4) is 0 Å². The molecule has 1 aromatic carbocycles. The van der Waals surface area contributed by atoms with E-state index in [1.165, 1.54) is 0 Å². The topological polar surface area (TPSA) is 69.6 Å². The number of carbonyl (C=O) groups excluding carboxylic acids is 2. The van der Waals surface area contributed by atoms with Crippen molar-refractivity contribution in [1.82, 2.24) is 4.90 Å². The van der Waals surface area contributed by atoms with Gasteiger partial charge in [-0.05, 0) is 30.5 Å². The van der Waals surface area contributed by atoms with Crippen molar-refractivity contribution >= 4 is 17.5 Å². The summed E-state index contributed by atoms with van der Waals surface area (Å²) >= 11 is 0. The number of rotatable bonds is 1. The first-order valence-corrected chi connectivity index (χ1v) is 7.24. The van der Waals surface area contributed by atoms with Crippen LogP contribution in [0.5, 0.6) is 0 Å². The monoisotopic (exact) mass is 348 g/mol.